The Bertz CT molecular complexity index is 765. The summed E-state index contributed by atoms with van der Waals surface area (Å²) in [4.78, 5) is 19.0. The lowest BCUT2D eigenvalue weighted by Gasteiger charge is -2.27. The van der Waals surface area contributed by atoms with Gasteiger partial charge < -0.3 is 4.42 Å². The Morgan fingerprint density at radius 1 is 1.09 bits per heavy atom. The molecule has 0 radical (unpaired) electrons. The standard InChI is InChI=1S/C19H18N2O2/c1-14-8-10-16(11-9-14)19(22)21(18-7-3-4-12-20-18)15(2)17-6-5-13-23-17/h3-13,15H,1-2H3/t15-/m0/s1. The lowest BCUT2D eigenvalue weighted by molar-refractivity contribution is 0.0974. The molecule has 0 aliphatic carbocycles. The molecule has 1 atom stereocenters. The van der Waals surface area contributed by atoms with E-state index in [0.717, 1.165) is 11.3 Å². The van der Waals surface area contributed by atoms with Crippen molar-refractivity contribution in [3.05, 3.63) is 83.9 Å². The highest BCUT2D eigenvalue weighted by atomic mass is 16.3. The zero-order valence-corrected chi connectivity index (χ0v) is 13.1. The van der Waals surface area contributed by atoms with Crippen molar-refractivity contribution in [1.82, 2.24) is 4.98 Å². The highest BCUT2D eigenvalue weighted by molar-refractivity contribution is 6.06. The highest BCUT2D eigenvalue weighted by Crippen LogP contribution is 2.27. The number of carbonyl (C=O) groups excluding carboxylic acids is 1. The van der Waals surface area contributed by atoms with E-state index in [2.05, 4.69) is 4.98 Å². The summed E-state index contributed by atoms with van der Waals surface area (Å²) < 4.78 is 5.48. The number of aryl methyl sites for hydroxylation is 1. The maximum atomic E-state index is 13.0. The van der Waals surface area contributed by atoms with Crippen molar-refractivity contribution in [2.24, 2.45) is 0 Å². The van der Waals surface area contributed by atoms with Crippen LogP contribution in [-0.4, -0.2) is 10.9 Å². The Hall–Kier alpha value is -2.88. The van der Waals surface area contributed by atoms with E-state index < -0.39 is 0 Å². The van der Waals surface area contributed by atoms with Crippen molar-refractivity contribution in [1.29, 1.82) is 0 Å². The van der Waals surface area contributed by atoms with Gasteiger partial charge in [-0.2, -0.15) is 0 Å². The van der Waals surface area contributed by atoms with Crippen molar-refractivity contribution in [2.45, 2.75) is 19.9 Å². The van der Waals surface area contributed by atoms with Crippen LogP contribution in [-0.2, 0) is 0 Å². The third-order valence-corrected chi connectivity index (χ3v) is 3.76. The molecule has 0 N–H and O–H groups in total. The van der Waals surface area contributed by atoms with Crippen molar-refractivity contribution < 1.29 is 9.21 Å². The fourth-order valence-electron chi connectivity index (χ4n) is 2.47. The van der Waals surface area contributed by atoms with Crippen LogP contribution in [0.2, 0.25) is 0 Å². The van der Waals surface area contributed by atoms with Gasteiger partial charge in [0.1, 0.15) is 11.6 Å². The van der Waals surface area contributed by atoms with E-state index in [0.29, 0.717) is 11.4 Å². The summed E-state index contributed by atoms with van der Waals surface area (Å²) >= 11 is 0. The fraction of sp³-hybridized carbons (Fsp3) is 0.158. The maximum absolute atomic E-state index is 13.0. The van der Waals surface area contributed by atoms with Crippen LogP contribution in [0.3, 0.4) is 0 Å². The number of amides is 1. The molecule has 1 amide bonds. The number of anilines is 1. The molecular weight excluding hydrogens is 288 g/mol. The number of aromatic nitrogens is 1. The molecule has 0 aliphatic heterocycles. The number of nitrogens with zero attached hydrogens (tertiary/aromatic N) is 2. The van der Waals surface area contributed by atoms with E-state index >= 15 is 0 Å². The predicted molar refractivity (Wildman–Crippen MR) is 89.3 cm³/mol. The van der Waals surface area contributed by atoms with Gasteiger partial charge in [0.25, 0.3) is 5.91 Å². The third-order valence-electron chi connectivity index (χ3n) is 3.76. The number of pyridine rings is 1. The summed E-state index contributed by atoms with van der Waals surface area (Å²) in [7, 11) is 0. The van der Waals surface area contributed by atoms with Gasteiger partial charge in [0.15, 0.2) is 0 Å². The van der Waals surface area contributed by atoms with Crippen LogP contribution in [0, 0.1) is 6.92 Å². The molecule has 23 heavy (non-hydrogen) atoms. The summed E-state index contributed by atoms with van der Waals surface area (Å²) in [5.41, 5.74) is 1.74. The minimum Gasteiger partial charge on any atom is -0.467 e. The molecule has 2 aromatic heterocycles. The summed E-state index contributed by atoms with van der Waals surface area (Å²) in [5.74, 6) is 1.21. The quantitative estimate of drug-likeness (QED) is 0.718. The Balaban J connectivity index is 2.01. The van der Waals surface area contributed by atoms with Gasteiger partial charge in [-0.15, -0.1) is 0 Å². The molecule has 3 aromatic rings. The van der Waals surface area contributed by atoms with Crippen LogP contribution in [0.5, 0.6) is 0 Å². The van der Waals surface area contributed by atoms with Crippen LogP contribution >= 0.6 is 0 Å². The highest BCUT2D eigenvalue weighted by Gasteiger charge is 2.26. The van der Waals surface area contributed by atoms with Gasteiger partial charge >= 0.3 is 0 Å². The Morgan fingerprint density at radius 3 is 2.48 bits per heavy atom. The molecule has 4 heteroatoms. The van der Waals surface area contributed by atoms with Gasteiger partial charge in [-0.05, 0) is 50.2 Å². The summed E-state index contributed by atoms with van der Waals surface area (Å²) in [6, 6.07) is 16.5. The molecule has 0 bridgehead atoms. The number of furan rings is 1. The first-order chi connectivity index (χ1) is 11.2. The second kappa shape index (κ2) is 6.48. The van der Waals surface area contributed by atoms with Crippen LogP contribution < -0.4 is 4.90 Å². The fourth-order valence-corrected chi connectivity index (χ4v) is 2.47. The Labute approximate surface area is 135 Å². The van der Waals surface area contributed by atoms with Gasteiger partial charge in [0, 0.05) is 11.8 Å². The molecule has 1 aromatic carbocycles. The van der Waals surface area contributed by atoms with Gasteiger partial charge in [-0.1, -0.05) is 23.8 Å². The van der Waals surface area contributed by atoms with E-state index in [4.69, 9.17) is 4.42 Å². The molecule has 4 nitrogen and oxygen atoms in total. The molecule has 0 saturated carbocycles. The van der Waals surface area contributed by atoms with Gasteiger partial charge in [0.2, 0.25) is 0 Å². The molecular formula is C19H18N2O2. The van der Waals surface area contributed by atoms with E-state index in [9.17, 15) is 4.79 Å². The van der Waals surface area contributed by atoms with Crippen LogP contribution in [0.15, 0.2) is 71.5 Å². The second-order valence-corrected chi connectivity index (χ2v) is 5.42. The molecule has 3 rings (SSSR count). The molecule has 0 saturated heterocycles. The Kier molecular flexibility index (Phi) is 4.24. The molecule has 0 aliphatic rings. The van der Waals surface area contributed by atoms with Gasteiger partial charge in [-0.25, -0.2) is 4.98 Å². The van der Waals surface area contributed by atoms with E-state index in [1.807, 2.05) is 68.4 Å². The number of benzene rings is 1. The molecule has 0 fully saturated rings. The topological polar surface area (TPSA) is 46.3 Å². The van der Waals surface area contributed by atoms with Crippen molar-refractivity contribution in [3.8, 4) is 0 Å². The van der Waals surface area contributed by atoms with Crippen molar-refractivity contribution in [3.63, 3.8) is 0 Å². The molecule has 116 valence electrons. The summed E-state index contributed by atoms with van der Waals surface area (Å²) in [6.45, 7) is 3.93. The predicted octanol–water partition coefficient (Wildman–Crippen LogP) is 4.39. The minimum absolute atomic E-state index is 0.104. The molecule has 2 heterocycles. The normalized spacial score (nSPS) is 11.9. The van der Waals surface area contributed by atoms with Crippen LogP contribution in [0.1, 0.15) is 34.6 Å². The SMILES string of the molecule is Cc1ccc(C(=O)N(c2ccccn2)[C@@H](C)c2ccco2)cc1. The molecule has 0 unspecified atom stereocenters. The number of rotatable bonds is 4. The zero-order chi connectivity index (χ0) is 16.2. The van der Waals surface area contributed by atoms with Gasteiger partial charge in [-0.3, -0.25) is 9.69 Å². The van der Waals surface area contributed by atoms with Crippen molar-refractivity contribution in [2.75, 3.05) is 4.90 Å². The van der Waals surface area contributed by atoms with E-state index in [1.54, 1.807) is 17.4 Å². The molecule has 0 spiro atoms. The first-order valence-electron chi connectivity index (χ1n) is 7.51. The first kappa shape index (κ1) is 15.0. The van der Waals surface area contributed by atoms with Gasteiger partial charge in [0.05, 0.1) is 12.3 Å². The third kappa shape index (κ3) is 3.16. The Morgan fingerprint density at radius 2 is 1.87 bits per heavy atom. The average Bonchev–Trinajstić information content (AvgIpc) is 3.11. The smallest absolute Gasteiger partial charge is 0.260 e. The largest absolute Gasteiger partial charge is 0.467 e. The first-order valence-corrected chi connectivity index (χ1v) is 7.51. The number of carbonyl (C=O) groups is 1. The van der Waals surface area contributed by atoms with E-state index in [-0.39, 0.29) is 11.9 Å². The number of hydrogen-bond acceptors (Lipinski definition) is 3. The van der Waals surface area contributed by atoms with Crippen LogP contribution in [0.4, 0.5) is 5.82 Å². The summed E-state index contributed by atoms with van der Waals surface area (Å²) in [5, 5.41) is 0. The monoisotopic (exact) mass is 306 g/mol. The number of hydrogen-bond donors (Lipinski definition) is 0. The summed E-state index contributed by atoms with van der Waals surface area (Å²) in [6.07, 6.45) is 3.29. The second-order valence-electron chi connectivity index (χ2n) is 5.42. The lowest BCUT2D eigenvalue weighted by Crippen LogP contribution is -2.34. The zero-order valence-electron chi connectivity index (χ0n) is 13.1. The lowest BCUT2D eigenvalue weighted by atomic mass is 10.1. The van der Waals surface area contributed by atoms with Crippen molar-refractivity contribution >= 4 is 11.7 Å². The minimum atomic E-state index is -0.256. The average molecular weight is 306 g/mol. The van der Waals surface area contributed by atoms with Crippen LogP contribution in [0.25, 0.3) is 0 Å². The van der Waals surface area contributed by atoms with E-state index in [1.165, 1.54) is 0 Å². The maximum Gasteiger partial charge on any atom is 0.260 e.